The van der Waals surface area contributed by atoms with Crippen molar-refractivity contribution < 1.29 is 19.4 Å². The van der Waals surface area contributed by atoms with E-state index in [1.165, 1.54) is 0 Å². The van der Waals surface area contributed by atoms with E-state index in [9.17, 15) is 4.79 Å². The van der Waals surface area contributed by atoms with Gasteiger partial charge >= 0.3 is 0 Å². The molecule has 1 saturated heterocycles. The van der Waals surface area contributed by atoms with Crippen molar-refractivity contribution in [1.29, 1.82) is 0 Å². The highest BCUT2D eigenvalue weighted by molar-refractivity contribution is 5.94. The lowest BCUT2D eigenvalue weighted by Gasteiger charge is -2.26. The largest absolute Gasteiger partial charge is 0.472 e. The lowest BCUT2D eigenvalue weighted by molar-refractivity contribution is 0.0664. The minimum Gasteiger partial charge on any atom is -0.472 e. The zero-order chi connectivity index (χ0) is 15.2. The summed E-state index contributed by atoms with van der Waals surface area (Å²) in [4.78, 5) is 18.2. The number of ether oxygens (including phenoxy) is 2. The normalized spacial score (nSPS) is 18.0. The average Bonchev–Trinajstić information content (AvgIpc) is 2.97. The number of pyridine rings is 1. The lowest BCUT2D eigenvalue weighted by Crippen LogP contribution is -2.39. The molecular weight excluding hydrogens is 272 g/mol. The first-order valence-electron chi connectivity index (χ1n) is 7.24. The molecule has 0 radical (unpaired) electrons. The molecule has 6 nitrogen and oxygen atoms in total. The molecule has 1 aromatic rings. The Morgan fingerprint density at radius 1 is 1.62 bits per heavy atom. The molecule has 0 aromatic carbocycles. The average molecular weight is 294 g/mol. The Kier molecular flexibility index (Phi) is 5.52. The second-order valence-electron chi connectivity index (χ2n) is 5.30. The van der Waals surface area contributed by atoms with Crippen molar-refractivity contribution >= 4 is 5.91 Å². The van der Waals surface area contributed by atoms with Crippen molar-refractivity contribution in [3.05, 3.63) is 23.9 Å². The summed E-state index contributed by atoms with van der Waals surface area (Å²) in [5.41, 5.74) is 0.515. The van der Waals surface area contributed by atoms with Crippen LogP contribution in [0.25, 0.3) is 0 Å². The standard InChI is InChI=1S/C15H22N2O4/c1-11(2)17(6-7-18)15(19)12-3-5-16-14(9-12)21-13-4-8-20-10-13/h3,5,9,11,13,18H,4,6-8,10H2,1-2H3. The number of hydrogen-bond donors (Lipinski definition) is 1. The van der Waals surface area contributed by atoms with Gasteiger partial charge in [-0.1, -0.05) is 0 Å². The molecule has 0 saturated carbocycles. The molecule has 2 heterocycles. The van der Waals surface area contributed by atoms with Gasteiger partial charge in [0.1, 0.15) is 6.10 Å². The Balaban J connectivity index is 2.09. The van der Waals surface area contributed by atoms with E-state index in [-0.39, 0.29) is 24.7 Å². The van der Waals surface area contributed by atoms with Gasteiger partial charge in [0, 0.05) is 36.8 Å². The van der Waals surface area contributed by atoms with Crippen LogP contribution in [0.5, 0.6) is 5.88 Å². The van der Waals surface area contributed by atoms with Gasteiger partial charge in [0.15, 0.2) is 0 Å². The van der Waals surface area contributed by atoms with E-state index in [2.05, 4.69) is 4.98 Å². The van der Waals surface area contributed by atoms with Gasteiger partial charge < -0.3 is 19.5 Å². The minimum absolute atomic E-state index is 0.00138. The summed E-state index contributed by atoms with van der Waals surface area (Å²) in [7, 11) is 0. The maximum Gasteiger partial charge on any atom is 0.254 e. The fourth-order valence-corrected chi connectivity index (χ4v) is 2.25. The first-order chi connectivity index (χ1) is 10.1. The van der Waals surface area contributed by atoms with E-state index < -0.39 is 0 Å². The predicted octanol–water partition coefficient (Wildman–Crippen LogP) is 1.09. The molecule has 1 aliphatic rings. The summed E-state index contributed by atoms with van der Waals surface area (Å²) in [5.74, 6) is 0.304. The van der Waals surface area contributed by atoms with Crippen molar-refractivity contribution in [3.8, 4) is 5.88 Å². The molecule has 21 heavy (non-hydrogen) atoms. The smallest absolute Gasteiger partial charge is 0.254 e. The molecule has 1 N–H and O–H groups in total. The number of rotatable bonds is 6. The van der Waals surface area contributed by atoms with Crippen LogP contribution in [-0.4, -0.2) is 59.4 Å². The van der Waals surface area contributed by atoms with E-state index in [1.54, 1.807) is 23.2 Å². The maximum atomic E-state index is 12.5. The summed E-state index contributed by atoms with van der Waals surface area (Å²) in [6.45, 7) is 5.34. The highest BCUT2D eigenvalue weighted by atomic mass is 16.5. The number of aliphatic hydroxyl groups excluding tert-OH is 1. The van der Waals surface area contributed by atoms with Crippen LogP contribution < -0.4 is 4.74 Å². The predicted molar refractivity (Wildman–Crippen MR) is 77.3 cm³/mol. The van der Waals surface area contributed by atoms with Gasteiger partial charge in [0.2, 0.25) is 5.88 Å². The van der Waals surface area contributed by atoms with Crippen LogP contribution in [0.4, 0.5) is 0 Å². The summed E-state index contributed by atoms with van der Waals surface area (Å²) in [6, 6.07) is 3.32. The molecule has 1 amide bonds. The van der Waals surface area contributed by atoms with Crippen LogP contribution in [0.15, 0.2) is 18.3 Å². The monoisotopic (exact) mass is 294 g/mol. The zero-order valence-electron chi connectivity index (χ0n) is 12.5. The topological polar surface area (TPSA) is 71.9 Å². The van der Waals surface area contributed by atoms with Crippen LogP contribution in [0.1, 0.15) is 30.6 Å². The van der Waals surface area contributed by atoms with Crippen LogP contribution in [0.3, 0.4) is 0 Å². The number of hydrogen-bond acceptors (Lipinski definition) is 5. The van der Waals surface area contributed by atoms with Gasteiger partial charge in [-0.25, -0.2) is 4.98 Å². The van der Waals surface area contributed by atoms with Crippen molar-refractivity contribution in [2.75, 3.05) is 26.4 Å². The highest BCUT2D eigenvalue weighted by Crippen LogP contribution is 2.17. The Hall–Kier alpha value is -1.66. The molecule has 0 aliphatic carbocycles. The number of nitrogens with zero attached hydrogens (tertiary/aromatic N) is 2. The van der Waals surface area contributed by atoms with Gasteiger partial charge in [-0.2, -0.15) is 0 Å². The molecule has 1 unspecified atom stereocenters. The van der Waals surface area contributed by atoms with Crippen molar-refractivity contribution in [3.63, 3.8) is 0 Å². The first kappa shape index (κ1) is 15.7. The molecule has 2 rings (SSSR count). The van der Waals surface area contributed by atoms with E-state index in [4.69, 9.17) is 14.6 Å². The van der Waals surface area contributed by atoms with E-state index in [1.807, 2.05) is 13.8 Å². The maximum absolute atomic E-state index is 12.5. The Bertz CT molecular complexity index is 472. The Morgan fingerprint density at radius 2 is 2.43 bits per heavy atom. The first-order valence-corrected chi connectivity index (χ1v) is 7.24. The molecule has 0 bridgehead atoms. The quantitative estimate of drug-likeness (QED) is 0.850. The highest BCUT2D eigenvalue weighted by Gasteiger charge is 2.21. The third-order valence-electron chi connectivity index (χ3n) is 3.38. The van der Waals surface area contributed by atoms with Gasteiger partial charge in [-0.15, -0.1) is 0 Å². The molecule has 1 aromatic heterocycles. The van der Waals surface area contributed by atoms with Crippen molar-refractivity contribution in [2.45, 2.75) is 32.4 Å². The number of aliphatic hydroxyl groups is 1. The number of aromatic nitrogens is 1. The van der Waals surface area contributed by atoms with Crippen LogP contribution in [-0.2, 0) is 4.74 Å². The molecule has 1 aliphatic heterocycles. The van der Waals surface area contributed by atoms with E-state index in [0.29, 0.717) is 31.2 Å². The SMILES string of the molecule is CC(C)N(CCO)C(=O)c1ccnc(OC2CCOC2)c1. The Morgan fingerprint density at radius 3 is 3.05 bits per heavy atom. The fraction of sp³-hybridized carbons (Fsp3) is 0.600. The number of amides is 1. The van der Waals surface area contributed by atoms with Crippen LogP contribution in [0.2, 0.25) is 0 Å². The molecular formula is C15H22N2O4. The number of carbonyl (C=O) groups is 1. The lowest BCUT2D eigenvalue weighted by atomic mass is 10.2. The van der Waals surface area contributed by atoms with Crippen LogP contribution in [0, 0.1) is 0 Å². The van der Waals surface area contributed by atoms with E-state index in [0.717, 1.165) is 6.42 Å². The third kappa shape index (κ3) is 4.15. The van der Waals surface area contributed by atoms with Gasteiger partial charge in [0.05, 0.1) is 19.8 Å². The van der Waals surface area contributed by atoms with E-state index >= 15 is 0 Å². The van der Waals surface area contributed by atoms with Gasteiger partial charge in [-0.05, 0) is 19.9 Å². The van der Waals surface area contributed by atoms with Crippen LogP contribution >= 0.6 is 0 Å². The third-order valence-corrected chi connectivity index (χ3v) is 3.38. The summed E-state index contributed by atoms with van der Waals surface area (Å²) in [5, 5.41) is 9.08. The fourth-order valence-electron chi connectivity index (χ4n) is 2.25. The summed E-state index contributed by atoms with van der Waals surface area (Å²) >= 11 is 0. The molecule has 6 heteroatoms. The molecule has 0 spiro atoms. The van der Waals surface area contributed by atoms with Gasteiger partial charge in [0.25, 0.3) is 5.91 Å². The van der Waals surface area contributed by atoms with Crippen molar-refractivity contribution in [2.24, 2.45) is 0 Å². The minimum atomic E-state index is -0.131. The number of carbonyl (C=O) groups excluding carboxylic acids is 1. The molecule has 1 fully saturated rings. The van der Waals surface area contributed by atoms with Gasteiger partial charge in [-0.3, -0.25) is 4.79 Å². The second-order valence-corrected chi connectivity index (χ2v) is 5.30. The summed E-state index contributed by atoms with van der Waals surface area (Å²) < 4.78 is 11.0. The summed E-state index contributed by atoms with van der Waals surface area (Å²) in [6.07, 6.45) is 2.40. The second kappa shape index (κ2) is 7.38. The zero-order valence-corrected chi connectivity index (χ0v) is 12.5. The molecule has 1 atom stereocenters. The molecule has 116 valence electrons. The Labute approximate surface area is 124 Å². The van der Waals surface area contributed by atoms with Crippen molar-refractivity contribution in [1.82, 2.24) is 9.88 Å².